The lowest BCUT2D eigenvalue weighted by atomic mass is 9.89. The van der Waals surface area contributed by atoms with E-state index in [0.29, 0.717) is 18.5 Å². The average molecular weight is 573 g/mol. The first-order valence-electron chi connectivity index (χ1n) is 13.2. The smallest absolute Gasteiger partial charge is 0.379 e. The van der Waals surface area contributed by atoms with Crippen molar-refractivity contribution in [3.63, 3.8) is 0 Å². The van der Waals surface area contributed by atoms with E-state index in [1.807, 2.05) is 12.1 Å². The molecule has 0 bridgehead atoms. The van der Waals surface area contributed by atoms with E-state index in [-0.39, 0.29) is 41.2 Å². The summed E-state index contributed by atoms with van der Waals surface area (Å²) in [7, 11) is -1.62. The van der Waals surface area contributed by atoms with Crippen LogP contribution in [0.15, 0.2) is 71.6 Å². The van der Waals surface area contributed by atoms with Crippen molar-refractivity contribution in [2.75, 3.05) is 24.3 Å². The molecule has 0 aliphatic carbocycles. The Morgan fingerprint density at radius 2 is 1.75 bits per heavy atom. The largest absolute Gasteiger partial charge is 0.416 e. The number of rotatable bonds is 7. The van der Waals surface area contributed by atoms with Crippen LogP contribution in [0.3, 0.4) is 0 Å². The van der Waals surface area contributed by atoms with E-state index < -0.39 is 21.6 Å². The van der Waals surface area contributed by atoms with Crippen molar-refractivity contribution in [2.45, 2.75) is 55.4 Å². The van der Waals surface area contributed by atoms with Crippen LogP contribution in [0.5, 0.6) is 0 Å². The maximum Gasteiger partial charge on any atom is 0.416 e. The van der Waals surface area contributed by atoms with Gasteiger partial charge in [-0.1, -0.05) is 31.2 Å². The number of benzene rings is 3. The molecule has 2 heterocycles. The highest BCUT2D eigenvalue weighted by molar-refractivity contribution is 7.91. The summed E-state index contributed by atoms with van der Waals surface area (Å²) in [6, 6.07) is 17.6. The highest BCUT2D eigenvalue weighted by Gasteiger charge is 2.42. The number of fused-ring (bicyclic) bond motifs is 3. The van der Waals surface area contributed by atoms with Gasteiger partial charge in [0.2, 0.25) is 0 Å². The topological polar surface area (TPSA) is 75.7 Å². The van der Waals surface area contributed by atoms with Crippen LogP contribution in [0.4, 0.5) is 18.9 Å². The fourth-order valence-electron chi connectivity index (χ4n) is 5.71. The third-order valence-electron chi connectivity index (χ3n) is 7.97. The maximum absolute atomic E-state index is 13.0. The standard InChI is InChI=1S/C30H31F3N2O4S/c1-3-40(37,38)25-11-4-19(5-12-25)17-34-29(36)21-8-13-26-22(14-21)16-28(39-2)27-15-23(18-35(26)27)20-6-9-24(10-7-20)30(31,32)33/h4-14,23,27-28H,3,15-18H2,1-2H3,(H,34,36). The van der Waals surface area contributed by atoms with Gasteiger partial charge >= 0.3 is 6.18 Å². The zero-order chi connectivity index (χ0) is 28.7. The number of hydrogen-bond acceptors (Lipinski definition) is 5. The van der Waals surface area contributed by atoms with Crippen LogP contribution in [-0.2, 0) is 33.7 Å². The number of nitrogens with one attached hydrogen (secondary N) is 1. The Kier molecular flexibility index (Phi) is 7.67. The van der Waals surface area contributed by atoms with Crippen molar-refractivity contribution in [1.82, 2.24) is 5.32 Å². The minimum absolute atomic E-state index is 0.0270. The molecule has 1 fully saturated rings. The molecule has 0 saturated carbocycles. The second-order valence-corrected chi connectivity index (χ2v) is 12.6. The maximum atomic E-state index is 13.0. The van der Waals surface area contributed by atoms with Gasteiger partial charge in [0.05, 0.1) is 28.4 Å². The lowest BCUT2D eigenvalue weighted by Gasteiger charge is -2.38. The van der Waals surface area contributed by atoms with E-state index in [2.05, 4.69) is 10.2 Å². The van der Waals surface area contributed by atoms with Crippen molar-refractivity contribution in [3.8, 4) is 0 Å². The predicted octanol–water partition coefficient (Wildman–Crippen LogP) is 5.36. The molecule has 10 heteroatoms. The van der Waals surface area contributed by atoms with Gasteiger partial charge in [0, 0.05) is 43.8 Å². The summed E-state index contributed by atoms with van der Waals surface area (Å²) >= 11 is 0. The molecule has 0 spiro atoms. The number of hydrogen-bond donors (Lipinski definition) is 1. The van der Waals surface area contributed by atoms with E-state index in [9.17, 15) is 26.4 Å². The number of carbonyl (C=O) groups is 1. The first kappa shape index (κ1) is 28.2. The molecule has 3 aromatic rings. The van der Waals surface area contributed by atoms with Gasteiger partial charge in [-0.2, -0.15) is 13.2 Å². The molecule has 2 aliphatic rings. The molecule has 5 rings (SSSR count). The van der Waals surface area contributed by atoms with E-state index >= 15 is 0 Å². The predicted molar refractivity (Wildman–Crippen MR) is 146 cm³/mol. The Hall–Kier alpha value is -3.37. The molecular formula is C30H31F3N2O4S. The van der Waals surface area contributed by atoms with Crippen molar-refractivity contribution in [2.24, 2.45) is 0 Å². The molecule has 6 nitrogen and oxygen atoms in total. The van der Waals surface area contributed by atoms with Gasteiger partial charge < -0.3 is 15.0 Å². The number of halogens is 3. The van der Waals surface area contributed by atoms with Crippen molar-refractivity contribution < 1.29 is 31.1 Å². The minimum Gasteiger partial charge on any atom is -0.379 e. The fraction of sp³-hybridized carbons (Fsp3) is 0.367. The molecule has 0 aromatic heterocycles. The Morgan fingerprint density at radius 1 is 1.05 bits per heavy atom. The van der Waals surface area contributed by atoms with Crippen LogP contribution in [-0.4, -0.2) is 45.9 Å². The third-order valence-corrected chi connectivity index (χ3v) is 9.72. The molecule has 0 radical (unpaired) electrons. The fourth-order valence-corrected chi connectivity index (χ4v) is 6.59. The average Bonchev–Trinajstić information content (AvgIpc) is 3.41. The molecule has 212 valence electrons. The van der Waals surface area contributed by atoms with Gasteiger partial charge in [-0.05, 0) is 65.6 Å². The SMILES string of the molecule is CCS(=O)(=O)c1ccc(CNC(=O)c2ccc3c(c2)CC(OC)C2CC(c4ccc(C(F)(F)F)cc4)CN32)cc1. The summed E-state index contributed by atoms with van der Waals surface area (Å²) in [4.78, 5) is 15.5. The first-order chi connectivity index (χ1) is 19.0. The van der Waals surface area contributed by atoms with Crippen molar-refractivity contribution >= 4 is 21.4 Å². The Labute approximate surface area is 232 Å². The van der Waals surface area contributed by atoms with Crippen LogP contribution in [0.1, 0.15) is 51.9 Å². The van der Waals surface area contributed by atoms with Gasteiger partial charge in [0.1, 0.15) is 0 Å². The van der Waals surface area contributed by atoms with E-state index in [1.54, 1.807) is 56.5 Å². The molecule has 3 unspecified atom stereocenters. The van der Waals surface area contributed by atoms with Gasteiger partial charge in [-0.3, -0.25) is 4.79 Å². The molecule has 40 heavy (non-hydrogen) atoms. The molecule has 1 saturated heterocycles. The van der Waals surface area contributed by atoms with Crippen LogP contribution in [0, 0.1) is 0 Å². The molecule has 1 N–H and O–H groups in total. The summed E-state index contributed by atoms with van der Waals surface area (Å²) in [5.41, 5.74) is 3.51. The van der Waals surface area contributed by atoms with E-state index in [1.165, 1.54) is 0 Å². The quantitative estimate of drug-likeness (QED) is 0.413. The van der Waals surface area contributed by atoms with E-state index in [4.69, 9.17) is 4.74 Å². The van der Waals surface area contributed by atoms with Crippen LogP contribution < -0.4 is 10.2 Å². The lowest BCUT2D eigenvalue weighted by Crippen LogP contribution is -2.45. The van der Waals surface area contributed by atoms with Crippen LogP contribution >= 0.6 is 0 Å². The number of amides is 1. The molecule has 1 amide bonds. The Morgan fingerprint density at radius 3 is 2.38 bits per heavy atom. The van der Waals surface area contributed by atoms with Crippen LogP contribution in [0.2, 0.25) is 0 Å². The molecule has 3 atom stereocenters. The number of carbonyl (C=O) groups excluding carboxylic acids is 1. The molecule has 3 aromatic carbocycles. The van der Waals surface area contributed by atoms with Crippen molar-refractivity contribution in [1.29, 1.82) is 0 Å². The number of anilines is 1. The number of sulfone groups is 1. The first-order valence-corrected chi connectivity index (χ1v) is 14.8. The normalized spacial score (nSPS) is 20.6. The number of methoxy groups -OCH3 is 1. The second-order valence-electron chi connectivity index (χ2n) is 10.3. The monoisotopic (exact) mass is 572 g/mol. The Balaban J connectivity index is 1.29. The zero-order valence-electron chi connectivity index (χ0n) is 22.2. The minimum atomic E-state index is -4.36. The third kappa shape index (κ3) is 5.60. The van der Waals surface area contributed by atoms with E-state index in [0.717, 1.165) is 40.9 Å². The molecule has 2 aliphatic heterocycles. The van der Waals surface area contributed by atoms with Gasteiger partial charge in [0.15, 0.2) is 9.84 Å². The molecular weight excluding hydrogens is 541 g/mol. The lowest BCUT2D eigenvalue weighted by molar-refractivity contribution is -0.137. The summed E-state index contributed by atoms with van der Waals surface area (Å²) in [6.07, 6.45) is -3.08. The highest BCUT2D eigenvalue weighted by atomic mass is 32.2. The van der Waals surface area contributed by atoms with Gasteiger partial charge in [0.25, 0.3) is 5.91 Å². The summed E-state index contributed by atoms with van der Waals surface area (Å²) in [6.45, 7) is 2.50. The summed E-state index contributed by atoms with van der Waals surface area (Å²) in [5, 5.41) is 2.90. The Bertz CT molecular complexity index is 1490. The van der Waals surface area contributed by atoms with Gasteiger partial charge in [-0.25, -0.2) is 8.42 Å². The summed E-state index contributed by atoms with van der Waals surface area (Å²) < 4.78 is 68.9. The van der Waals surface area contributed by atoms with Crippen LogP contribution in [0.25, 0.3) is 0 Å². The number of nitrogens with zero attached hydrogens (tertiary/aromatic N) is 1. The van der Waals surface area contributed by atoms with Crippen molar-refractivity contribution in [3.05, 3.63) is 94.5 Å². The highest BCUT2D eigenvalue weighted by Crippen LogP contribution is 2.43. The number of alkyl halides is 3. The second kappa shape index (κ2) is 10.9. The van der Waals surface area contributed by atoms with Gasteiger partial charge in [-0.15, -0.1) is 0 Å². The number of ether oxygens (including phenoxy) is 1. The zero-order valence-corrected chi connectivity index (χ0v) is 23.1. The summed E-state index contributed by atoms with van der Waals surface area (Å²) in [5.74, 6) is -0.148.